The fourth-order valence-electron chi connectivity index (χ4n) is 4.43. The molecule has 6 rings (SSSR count). The molecule has 3 aliphatic rings. The molecule has 3 aromatic rings. The first-order chi connectivity index (χ1) is 14.8. The van der Waals surface area contributed by atoms with Gasteiger partial charge in [-0.3, -0.25) is 4.99 Å². The van der Waals surface area contributed by atoms with E-state index < -0.39 is 0 Å². The standard InChI is InChI=1S/C23H18ClN.C3H5NS/c24-23-12-8-18(14-25-23)16-6-9-20-17(13-16)7-11-21-19-4-2-1-3-15(19)5-10-22(20)21;1-2-5-3-4-1/h2,4,6-9,11-14H,1,3,5,10H2;3H,1-2H2. The molecule has 2 aromatic carbocycles. The molecule has 2 heterocycles. The molecule has 30 heavy (non-hydrogen) atoms. The summed E-state index contributed by atoms with van der Waals surface area (Å²) in [5, 5.41) is 3.21. The molecule has 150 valence electrons. The third kappa shape index (κ3) is 3.97. The molecule has 4 heteroatoms. The monoisotopic (exact) mass is 430 g/mol. The van der Waals surface area contributed by atoms with Crippen LogP contribution in [0.3, 0.4) is 0 Å². The van der Waals surface area contributed by atoms with E-state index >= 15 is 0 Å². The lowest BCUT2D eigenvalue weighted by Gasteiger charge is -2.25. The molecule has 1 aromatic heterocycles. The number of pyridine rings is 1. The number of fused-ring (bicyclic) bond motifs is 4. The minimum atomic E-state index is 0.531. The molecule has 0 spiro atoms. The van der Waals surface area contributed by atoms with Crippen LogP contribution in [0.15, 0.2) is 71.4 Å². The van der Waals surface area contributed by atoms with Crippen LogP contribution in [-0.4, -0.2) is 22.8 Å². The lowest BCUT2D eigenvalue weighted by molar-refractivity contribution is 0.831. The Bertz CT molecular complexity index is 1170. The summed E-state index contributed by atoms with van der Waals surface area (Å²) in [5.74, 6) is 1.19. The highest BCUT2D eigenvalue weighted by Crippen LogP contribution is 2.40. The Labute approximate surface area is 186 Å². The molecule has 0 saturated carbocycles. The van der Waals surface area contributed by atoms with Gasteiger partial charge in [-0.15, -0.1) is 11.8 Å². The van der Waals surface area contributed by atoms with Gasteiger partial charge in [-0.05, 0) is 76.9 Å². The van der Waals surface area contributed by atoms with Gasteiger partial charge >= 0.3 is 0 Å². The maximum absolute atomic E-state index is 5.91. The Morgan fingerprint density at radius 1 is 0.933 bits per heavy atom. The van der Waals surface area contributed by atoms with Crippen molar-refractivity contribution < 1.29 is 0 Å². The largest absolute Gasteiger partial charge is 0.285 e. The van der Waals surface area contributed by atoms with Crippen LogP contribution in [-0.2, 0) is 6.42 Å². The summed E-state index contributed by atoms with van der Waals surface area (Å²) in [6.45, 7) is 1.03. The van der Waals surface area contributed by atoms with Crippen LogP contribution in [0.5, 0.6) is 0 Å². The Balaban J connectivity index is 0.000000340. The number of benzene rings is 2. The number of hydrogen-bond donors (Lipinski definition) is 0. The molecule has 0 fully saturated rings. The summed E-state index contributed by atoms with van der Waals surface area (Å²) in [5.41, 5.74) is 10.2. The van der Waals surface area contributed by atoms with E-state index in [2.05, 4.69) is 52.5 Å². The molecule has 2 aliphatic carbocycles. The first-order valence-electron chi connectivity index (χ1n) is 10.5. The van der Waals surface area contributed by atoms with Crippen molar-refractivity contribution in [1.82, 2.24) is 4.98 Å². The summed E-state index contributed by atoms with van der Waals surface area (Å²) in [4.78, 5) is 8.12. The van der Waals surface area contributed by atoms with E-state index in [1.807, 2.05) is 23.9 Å². The number of rotatable bonds is 1. The molecular formula is C26H23ClN2S. The molecule has 0 bridgehead atoms. The van der Waals surface area contributed by atoms with Crippen LogP contribution >= 0.6 is 23.4 Å². The lowest BCUT2D eigenvalue weighted by atomic mass is 9.79. The molecule has 0 N–H and O–H groups in total. The molecular weight excluding hydrogens is 408 g/mol. The topological polar surface area (TPSA) is 25.2 Å². The van der Waals surface area contributed by atoms with Crippen molar-refractivity contribution in [3.63, 3.8) is 0 Å². The summed E-state index contributed by atoms with van der Waals surface area (Å²) in [6, 6.07) is 15.2. The first kappa shape index (κ1) is 19.6. The van der Waals surface area contributed by atoms with Gasteiger partial charge in [0, 0.05) is 24.1 Å². The predicted molar refractivity (Wildman–Crippen MR) is 132 cm³/mol. The lowest BCUT2D eigenvalue weighted by Crippen LogP contribution is -2.07. The number of halogens is 1. The van der Waals surface area contributed by atoms with Crippen molar-refractivity contribution in [3.8, 4) is 11.1 Å². The number of nitrogens with zero attached hydrogens (tertiary/aromatic N) is 2. The van der Waals surface area contributed by atoms with E-state index in [4.69, 9.17) is 11.6 Å². The second kappa shape index (κ2) is 8.79. The van der Waals surface area contributed by atoms with E-state index in [0.717, 1.165) is 18.5 Å². The number of allylic oxidation sites excluding steroid dienone is 4. The zero-order valence-corrected chi connectivity index (χ0v) is 18.3. The number of hydrogen-bond acceptors (Lipinski definition) is 3. The van der Waals surface area contributed by atoms with E-state index in [1.165, 1.54) is 58.1 Å². The van der Waals surface area contributed by atoms with Crippen LogP contribution in [0.2, 0.25) is 5.15 Å². The van der Waals surface area contributed by atoms with E-state index in [1.54, 1.807) is 17.3 Å². The molecule has 0 radical (unpaired) electrons. The van der Waals surface area contributed by atoms with Crippen LogP contribution < -0.4 is 0 Å². The van der Waals surface area contributed by atoms with Crippen LogP contribution in [0.25, 0.3) is 27.5 Å². The Kier molecular flexibility index (Phi) is 5.74. The summed E-state index contributed by atoms with van der Waals surface area (Å²) < 4.78 is 0. The van der Waals surface area contributed by atoms with Crippen LogP contribution in [0, 0.1) is 0 Å². The third-order valence-corrected chi connectivity index (χ3v) is 6.86. The number of aromatic nitrogens is 1. The van der Waals surface area contributed by atoms with E-state index in [0.29, 0.717) is 5.15 Å². The van der Waals surface area contributed by atoms with Gasteiger partial charge in [0.25, 0.3) is 0 Å². The molecule has 0 saturated heterocycles. The maximum atomic E-state index is 5.91. The zero-order valence-electron chi connectivity index (χ0n) is 16.8. The van der Waals surface area contributed by atoms with Gasteiger partial charge < -0.3 is 0 Å². The fraction of sp³-hybridized carbons (Fsp3) is 0.231. The number of aliphatic imine (C=N–C) groups is 1. The summed E-state index contributed by atoms with van der Waals surface area (Å²) in [6.07, 6.45) is 11.3. The molecule has 1 aliphatic heterocycles. The molecule has 0 unspecified atom stereocenters. The number of aryl methyl sites for hydroxylation is 1. The van der Waals surface area contributed by atoms with Gasteiger partial charge in [-0.1, -0.05) is 53.6 Å². The summed E-state index contributed by atoms with van der Waals surface area (Å²) in [7, 11) is 0. The maximum Gasteiger partial charge on any atom is 0.129 e. The smallest absolute Gasteiger partial charge is 0.129 e. The van der Waals surface area contributed by atoms with Gasteiger partial charge in [-0.25, -0.2) is 4.98 Å². The van der Waals surface area contributed by atoms with Crippen LogP contribution in [0.1, 0.15) is 30.4 Å². The highest BCUT2D eigenvalue weighted by atomic mass is 35.5. The van der Waals surface area contributed by atoms with Crippen molar-refractivity contribution in [2.24, 2.45) is 4.99 Å². The minimum Gasteiger partial charge on any atom is -0.285 e. The average molecular weight is 431 g/mol. The Morgan fingerprint density at radius 2 is 1.87 bits per heavy atom. The van der Waals surface area contributed by atoms with Crippen molar-refractivity contribution in [3.05, 3.63) is 82.7 Å². The second-order valence-electron chi connectivity index (χ2n) is 7.74. The van der Waals surface area contributed by atoms with Crippen molar-refractivity contribution in [2.45, 2.75) is 25.7 Å². The molecule has 2 nitrogen and oxygen atoms in total. The second-order valence-corrected chi connectivity index (χ2v) is 9.08. The van der Waals surface area contributed by atoms with Crippen molar-refractivity contribution >= 4 is 45.3 Å². The Hall–Kier alpha value is -2.36. The van der Waals surface area contributed by atoms with Gasteiger partial charge in [-0.2, -0.15) is 0 Å². The third-order valence-electron chi connectivity index (χ3n) is 5.92. The fourth-order valence-corrected chi connectivity index (χ4v) is 5.07. The van der Waals surface area contributed by atoms with Crippen molar-refractivity contribution in [1.29, 1.82) is 0 Å². The quantitative estimate of drug-likeness (QED) is 0.376. The zero-order chi connectivity index (χ0) is 20.3. The van der Waals surface area contributed by atoms with Crippen LogP contribution in [0.4, 0.5) is 0 Å². The SMILES string of the molecule is C1=NCCS1.Clc1ccc(-c2ccc3c4c(ccc3c2)C2=C(CCC=C2)CC4)cn1. The van der Waals surface area contributed by atoms with E-state index in [9.17, 15) is 0 Å². The van der Waals surface area contributed by atoms with Gasteiger partial charge in [0.2, 0.25) is 0 Å². The van der Waals surface area contributed by atoms with Crippen molar-refractivity contribution in [2.75, 3.05) is 12.3 Å². The highest BCUT2D eigenvalue weighted by Gasteiger charge is 2.20. The molecule has 0 amide bonds. The number of thioether (sulfide) groups is 1. The average Bonchev–Trinajstić information content (AvgIpc) is 3.39. The normalized spacial score (nSPS) is 16.8. The first-order valence-corrected chi connectivity index (χ1v) is 11.9. The summed E-state index contributed by atoms with van der Waals surface area (Å²) >= 11 is 7.69. The van der Waals surface area contributed by atoms with E-state index in [-0.39, 0.29) is 0 Å². The van der Waals surface area contributed by atoms with Gasteiger partial charge in [0.05, 0.1) is 5.55 Å². The molecule has 0 atom stereocenters. The Morgan fingerprint density at radius 3 is 2.63 bits per heavy atom. The minimum absolute atomic E-state index is 0.531. The highest BCUT2D eigenvalue weighted by molar-refractivity contribution is 8.12. The predicted octanol–water partition coefficient (Wildman–Crippen LogP) is 7.37. The van der Waals surface area contributed by atoms with Gasteiger partial charge in [0.15, 0.2) is 0 Å². The van der Waals surface area contributed by atoms with Gasteiger partial charge in [0.1, 0.15) is 5.15 Å².